The zero-order valence-electron chi connectivity index (χ0n) is 15.3. The molecule has 9 nitrogen and oxygen atoms in total. The zero-order chi connectivity index (χ0) is 20.3. The molecule has 0 radical (unpaired) electrons. The number of anilines is 1. The quantitative estimate of drug-likeness (QED) is 0.779. The van der Waals surface area contributed by atoms with E-state index in [9.17, 15) is 14.4 Å². The van der Waals surface area contributed by atoms with Crippen molar-refractivity contribution in [2.24, 2.45) is 0 Å². The molecule has 0 spiro atoms. The van der Waals surface area contributed by atoms with Gasteiger partial charge < -0.3 is 14.8 Å². The molecule has 1 aromatic heterocycles. The van der Waals surface area contributed by atoms with Crippen LogP contribution in [0.25, 0.3) is 11.3 Å². The SMILES string of the molecule is COC(=O)Nc1cc(Cl)ccc1-c1cc(=O)n(CC(=O)NC2COC2)c(C)n1. The average molecular weight is 407 g/mol. The highest BCUT2D eigenvalue weighted by Crippen LogP contribution is 2.29. The summed E-state index contributed by atoms with van der Waals surface area (Å²) in [6.45, 7) is 2.45. The topological polar surface area (TPSA) is 112 Å². The highest BCUT2D eigenvalue weighted by molar-refractivity contribution is 6.31. The molecule has 28 heavy (non-hydrogen) atoms. The van der Waals surface area contributed by atoms with Crippen LogP contribution in [0.2, 0.25) is 5.02 Å². The van der Waals surface area contributed by atoms with Crippen LogP contribution in [0, 0.1) is 6.92 Å². The Morgan fingerprint density at radius 2 is 2.11 bits per heavy atom. The second kappa shape index (κ2) is 8.41. The first-order valence-corrected chi connectivity index (χ1v) is 8.85. The highest BCUT2D eigenvalue weighted by Gasteiger charge is 2.21. The average Bonchev–Trinajstić information content (AvgIpc) is 2.61. The second-order valence-corrected chi connectivity index (χ2v) is 6.66. The second-order valence-electron chi connectivity index (χ2n) is 6.22. The van der Waals surface area contributed by atoms with Gasteiger partial charge in [0.2, 0.25) is 5.91 Å². The summed E-state index contributed by atoms with van der Waals surface area (Å²) in [6.07, 6.45) is -0.676. The van der Waals surface area contributed by atoms with Crippen LogP contribution in [0.3, 0.4) is 0 Å². The summed E-state index contributed by atoms with van der Waals surface area (Å²) in [6, 6.07) is 6.08. The molecule has 1 aliphatic rings. The summed E-state index contributed by atoms with van der Waals surface area (Å²) in [5.74, 6) is 0.0778. The van der Waals surface area contributed by atoms with Gasteiger partial charge in [-0.15, -0.1) is 0 Å². The van der Waals surface area contributed by atoms with E-state index in [1.807, 2.05) is 0 Å². The van der Waals surface area contributed by atoms with Crippen LogP contribution in [0.15, 0.2) is 29.1 Å². The van der Waals surface area contributed by atoms with Crippen molar-refractivity contribution in [2.75, 3.05) is 25.6 Å². The molecule has 0 aliphatic carbocycles. The van der Waals surface area contributed by atoms with Gasteiger partial charge in [-0.05, 0) is 25.1 Å². The predicted octanol–water partition coefficient (Wildman–Crippen LogP) is 1.57. The van der Waals surface area contributed by atoms with Gasteiger partial charge in [0.15, 0.2) is 0 Å². The first kappa shape index (κ1) is 19.8. The normalized spacial score (nSPS) is 13.5. The lowest BCUT2D eigenvalue weighted by Crippen LogP contribution is -2.50. The molecule has 2 N–H and O–H groups in total. The number of aromatic nitrogens is 2. The molecule has 2 aromatic rings. The van der Waals surface area contributed by atoms with Crippen LogP contribution in [0.5, 0.6) is 0 Å². The Morgan fingerprint density at radius 1 is 1.36 bits per heavy atom. The van der Waals surface area contributed by atoms with Crippen LogP contribution >= 0.6 is 11.6 Å². The summed E-state index contributed by atoms with van der Waals surface area (Å²) in [5, 5.41) is 5.73. The van der Waals surface area contributed by atoms with Gasteiger partial charge in [0, 0.05) is 16.7 Å². The van der Waals surface area contributed by atoms with Gasteiger partial charge in [-0.1, -0.05) is 11.6 Å². The fraction of sp³-hybridized carbons (Fsp3) is 0.333. The Morgan fingerprint density at radius 3 is 2.71 bits per heavy atom. The van der Waals surface area contributed by atoms with Crippen molar-refractivity contribution in [1.82, 2.24) is 14.9 Å². The van der Waals surface area contributed by atoms with Gasteiger partial charge in [-0.2, -0.15) is 0 Å². The Hall–Kier alpha value is -2.91. The number of hydrogen-bond acceptors (Lipinski definition) is 6. The van der Waals surface area contributed by atoms with Crippen LogP contribution in [-0.4, -0.2) is 47.9 Å². The number of nitrogens with one attached hydrogen (secondary N) is 2. The Bertz CT molecular complexity index is 971. The molecule has 0 bridgehead atoms. The van der Waals surface area contributed by atoms with Crippen molar-refractivity contribution in [3.05, 3.63) is 45.5 Å². The van der Waals surface area contributed by atoms with Crippen molar-refractivity contribution in [3.8, 4) is 11.3 Å². The van der Waals surface area contributed by atoms with Crippen molar-refractivity contribution in [2.45, 2.75) is 19.5 Å². The predicted molar refractivity (Wildman–Crippen MR) is 102 cm³/mol. The maximum atomic E-state index is 12.6. The van der Waals surface area contributed by atoms with E-state index in [0.717, 1.165) is 0 Å². The van der Waals surface area contributed by atoms with Gasteiger partial charge in [0.1, 0.15) is 12.4 Å². The van der Waals surface area contributed by atoms with E-state index < -0.39 is 6.09 Å². The van der Waals surface area contributed by atoms with Crippen molar-refractivity contribution < 1.29 is 19.1 Å². The lowest BCUT2D eigenvalue weighted by Gasteiger charge is -2.27. The first-order valence-electron chi connectivity index (χ1n) is 8.48. The van der Waals surface area contributed by atoms with Crippen molar-refractivity contribution in [1.29, 1.82) is 0 Å². The number of nitrogens with zero attached hydrogens (tertiary/aromatic N) is 2. The number of amides is 2. The summed E-state index contributed by atoms with van der Waals surface area (Å²) in [5.41, 5.74) is 0.806. The van der Waals surface area contributed by atoms with Gasteiger partial charge in [-0.3, -0.25) is 19.5 Å². The molecule has 0 unspecified atom stereocenters. The highest BCUT2D eigenvalue weighted by atomic mass is 35.5. The van der Waals surface area contributed by atoms with Crippen molar-refractivity contribution >= 4 is 29.3 Å². The molecule has 0 atom stereocenters. The largest absolute Gasteiger partial charge is 0.453 e. The van der Waals surface area contributed by atoms with Crippen LogP contribution in [-0.2, 0) is 20.8 Å². The minimum Gasteiger partial charge on any atom is -0.453 e. The number of benzene rings is 1. The summed E-state index contributed by atoms with van der Waals surface area (Å²) in [4.78, 5) is 40.7. The molecule has 2 amide bonds. The molecule has 1 saturated heterocycles. The molecule has 1 aromatic carbocycles. The number of methoxy groups -OCH3 is 1. The van der Waals surface area contributed by atoms with Crippen LogP contribution < -0.4 is 16.2 Å². The maximum Gasteiger partial charge on any atom is 0.411 e. The Kier molecular flexibility index (Phi) is 5.96. The van der Waals surface area contributed by atoms with E-state index in [2.05, 4.69) is 20.4 Å². The molecule has 1 fully saturated rings. The first-order chi connectivity index (χ1) is 13.4. The number of hydrogen-bond donors (Lipinski definition) is 2. The smallest absolute Gasteiger partial charge is 0.411 e. The van der Waals surface area contributed by atoms with E-state index in [1.165, 1.54) is 23.8 Å². The number of ether oxygens (including phenoxy) is 2. The number of aryl methyl sites for hydroxylation is 1. The lowest BCUT2D eigenvalue weighted by molar-refractivity contribution is -0.125. The number of halogens is 1. The molecule has 0 saturated carbocycles. The number of carbonyl (C=O) groups is 2. The molecule has 148 valence electrons. The monoisotopic (exact) mass is 406 g/mol. The molecular formula is C18H19ClN4O5. The fourth-order valence-corrected chi connectivity index (χ4v) is 2.86. The summed E-state index contributed by atoms with van der Waals surface area (Å²) >= 11 is 6.00. The van der Waals surface area contributed by atoms with E-state index in [4.69, 9.17) is 16.3 Å². The number of rotatable bonds is 5. The molecule has 2 heterocycles. The van der Waals surface area contributed by atoms with E-state index in [1.54, 1.807) is 19.1 Å². The summed E-state index contributed by atoms with van der Waals surface area (Å²) in [7, 11) is 1.24. The van der Waals surface area contributed by atoms with E-state index in [-0.39, 0.29) is 24.1 Å². The third kappa shape index (κ3) is 4.49. The zero-order valence-corrected chi connectivity index (χ0v) is 16.1. The third-order valence-corrected chi connectivity index (χ3v) is 4.42. The Balaban J connectivity index is 1.89. The molecule has 3 rings (SSSR count). The van der Waals surface area contributed by atoms with Gasteiger partial charge >= 0.3 is 6.09 Å². The minimum absolute atomic E-state index is 0.0169. The van der Waals surface area contributed by atoms with Gasteiger partial charge in [0.25, 0.3) is 5.56 Å². The third-order valence-electron chi connectivity index (χ3n) is 4.18. The van der Waals surface area contributed by atoms with Crippen LogP contribution in [0.4, 0.5) is 10.5 Å². The molecule has 10 heteroatoms. The molecular weight excluding hydrogens is 388 g/mol. The lowest BCUT2D eigenvalue weighted by atomic mass is 10.1. The fourth-order valence-electron chi connectivity index (χ4n) is 2.69. The van der Waals surface area contributed by atoms with E-state index in [0.29, 0.717) is 41.0 Å². The standard InChI is InChI=1S/C18H19ClN4O5/c1-10-20-15(13-4-3-11(19)5-14(13)22-18(26)27-2)6-17(25)23(10)7-16(24)21-12-8-28-9-12/h3-6,12H,7-9H2,1-2H3,(H,21,24)(H,22,26). The van der Waals surface area contributed by atoms with Gasteiger partial charge in [0.05, 0.1) is 37.7 Å². The van der Waals surface area contributed by atoms with E-state index >= 15 is 0 Å². The van der Waals surface area contributed by atoms with Crippen molar-refractivity contribution in [3.63, 3.8) is 0 Å². The summed E-state index contributed by atoms with van der Waals surface area (Å²) < 4.78 is 10.9. The van der Waals surface area contributed by atoms with Gasteiger partial charge in [-0.25, -0.2) is 9.78 Å². The van der Waals surface area contributed by atoms with Crippen LogP contribution in [0.1, 0.15) is 5.82 Å². The number of carbonyl (C=O) groups excluding carboxylic acids is 2. The molecule has 1 aliphatic heterocycles. The minimum atomic E-state index is -0.676. The maximum absolute atomic E-state index is 12.6. The Labute approximate surface area is 165 Å².